The first-order valence-corrected chi connectivity index (χ1v) is 8.06. The highest BCUT2D eigenvalue weighted by Gasteiger charge is 2.62. The molecule has 4 rings (SSSR count). The fourth-order valence-corrected chi connectivity index (χ4v) is 5.01. The van der Waals surface area contributed by atoms with Crippen LogP contribution in [0.4, 0.5) is 0 Å². The van der Waals surface area contributed by atoms with Crippen molar-refractivity contribution >= 4 is 5.97 Å². The minimum atomic E-state index is -0.0746. The van der Waals surface area contributed by atoms with Crippen LogP contribution in [0.5, 0.6) is 0 Å². The molecule has 1 saturated heterocycles. The van der Waals surface area contributed by atoms with Gasteiger partial charge in [-0.05, 0) is 50.0 Å². The quantitative estimate of drug-likeness (QED) is 0.765. The van der Waals surface area contributed by atoms with Gasteiger partial charge in [-0.2, -0.15) is 0 Å². The van der Waals surface area contributed by atoms with E-state index in [1.165, 1.54) is 37.7 Å². The summed E-state index contributed by atoms with van der Waals surface area (Å²) in [6.45, 7) is 0. The molecule has 1 spiro atoms. The fourth-order valence-electron chi connectivity index (χ4n) is 5.01. The summed E-state index contributed by atoms with van der Waals surface area (Å²) in [6.07, 6.45) is 8.25. The molecule has 0 unspecified atom stereocenters. The number of benzene rings is 1. The highest BCUT2D eigenvalue weighted by Crippen LogP contribution is 2.58. The molecule has 3 aliphatic rings. The van der Waals surface area contributed by atoms with Crippen molar-refractivity contribution in [3.05, 3.63) is 35.9 Å². The lowest BCUT2D eigenvalue weighted by atomic mass is 9.71. The molecule has 0 amide bonds. The Kier molecular flexibility index (Phi) is 2.87. The van der Waals surface area contributed by atoms with Crippen molar-refractivity contribution in [3.8, 4) is 0 Å². The molecule has 1 aromatic carbocycles. The molecule has 4 atom stereocenters. The molecule has 3 fully saturated rings. The second-order valence-electron chi connectivity index (χ2n) is 6.80. The van der Waals surface area contributed by atoms with Crippen molar-refractivity contribution in [1.29, 1.82) is 0 Å². The first-order valence-electron chi connectivity index (χ1n) is 8.06. The summed E-state index contributed by atoms with van der Waals surface area (Å²) in [5.74, 6) is 1.29. The summed E-state index contributed by atoms with van der Waals surface area (Å²) in [4.78, 5) is 12.4. The smallest absolute Gasteiger partial charge is 0.310 e. The van der Waals surface area contributed by atoms with Gasteiger partial charge in [0.1, 0.15) is 5.60 Å². The van der Waals surface area contributed by atoms with E-state index in [2.05, 4.69) is 24.3 Å². The SMILES string of the molecule is O=C1O[C@@]23CCCC[C@H]2CC[C@H]3[C@H]1Cc1ccccc1. The molecule has 1 aliphatic heterocycles. The summed E-state index contributed by atoms with van der Waals surface area (Å²) < 4.78 is 6.02. The average Bonchev–Trinajstić information content (AvgIpc) is 2.95. The highest BCUT2D eigenvalue weighted by atomic mass is 16.6. The number of rotatable bonds is 2. The zero-order valence-electron chi connectivity index (χ0n) is 11.9. The Morgan fingerprint density at radius 3 is 2.80 bits per heavy atom. The van der Waals surface area contributed by atoms with Crippen molar-refractivity contribution in [2.45, 2.75) is 50.5 Å². The van der Waals surface area contributed by atoms with Crippen LogP contribution in [0.1, 0.15) is 44.1 Å². The van der Waals surface area contributed by atoms with Crippen molar-refractivity contribution in [2.75, 3.05) is 0 Å². The minimum Gasteiger partial charge on any atom is -0.458 e. The standard InChI is InChI=1S/C18H22O2/c19-17-15(12-13-6-2-1-3-7-13)16-10-9-14-8-4-5-11-18(14,16)20-17/h1-3,6-7,14-16H,4-5,8-12H2/t14-,15+,16-,18-/m0/s1. The normalized spacial score (nSPS) is 39.2. The van der Waals surface area contributed by atoms with Crippen molar-refractivity contribution in [3.63, 3.8) is 0 Å². The van der Waals surface area contributed by atoms with Crippen LogP contribution in [0.2, 0.25) is 0 Å². The van der Waals surface area contributed by atoms with Crippen LogP contribution < -0.4 is 0 Å². The van der Waals surface area contributed by atoms with E-state index in [-0.39, 0.29) is 17.5 Å². The van der Waals surface area contributed by atoms with E-state index in [9.17, 15) is 4.79 Å². The van der Waals surface area contributed by atoms with E-state index < -0.39 is 0 Å². The highest BCUT2D eigenvalue weighted by molar-refractivity contribution is 5.77. The zero-order valence-corrected chi connectivity index (χ0v) is 11.9. The number of hydrogen-bond acceptors (Lipinski definition) is 2. The van der Waals surface area contributed by atoms with Gasteiger partial charge in [-0.25, -0.2) is 0 Å². The lowest BCUT2D eigenvalue weighted by molar-refractivity contribution is -0.157. The van der Waals surface area contributed by atoms with Gasteiger partial charge in [-0.3, -0.25) is 4.79 Å². The van der Waals surface area contributed by atoms with Gasteiger partial charge in [0, 0.05) is 5.92 Å². The van der Waals surface area contributed by atoms with E-state index in [1.54, 1.807) is 0 Å². The summed E-state index contributed by atoms with van der Waals surface area (Å²) in [6, 6.07) is 10.4. The number of carbonyl (C=O) groups is 1. The maximum absolute atomic E-state index is 12.4. The topological polar surface area (TPSA) is 26.3 Å². The van der Waals surface area contributed by atoms with E-state index in [4.69, 9.17) is 4.74 Å². The van der Waals surface area contributed by atoms with Crippen molar-refractivity contribution in [2.24, 2.45) is 17.8 Å². The minimum absolute atomic E-state index is 0.0745. The van der Waals surface area contributed by atoms with Gasteiger partial charge in [0.05, 0.1) is 5.92 Å². The summed E-state index contributed by atoms with van der Waals surface area (Å²) in [5, 5.41) is 0. The summed E-state index contributed by atoms with van der Waals surface area (Å²) in [7, 11) is 0. The molecule has 0 N–H and O–H groups in total. The predicted octanol–water partition coefficient (Wildman–Crippen LogP) is 3.74. The van der Waals surface area contributed by atoms with Gasteiger partial charge in [0.25, 0.3) is 0 Å². The molecule has 1 heterocycles. The van der Waals surface area contributed by atoms with Crippen LogP contribution in [0.3, 0.4) is 0 Å². The summed E-state index contributed by atoms with van der Waals surface area (Å²) >= 11 is 0. The molecule has 0 aromatic heterocycles. The first-order chi connectivity index (χ1) is 9.79. The lowest BCUT2D eigenvalue weighted by Crippen LogP contribution is -2.41. The predicted molar refractivity (Wildman–Crippen MR) is 77.1 cm³/mol. The molecule has 0 radical (unpaired) electrons. The lowest BCUT2D eigenvalue weighted by Gasteiger charge is -2.38. The van der Waals surface area contributed by atoms with Gasteiger partial charge in [0.2, 0.25) is 0 Å². The molecule has 2 heteroatoms. The number of esters is 1. The van der Waals surface area contributed by atoms with Gasteiger partial charge >= 0.3 is 5.97 Å². The van der Waals surface area contributed by atoms with Gasteiger partial charge in [-0.1, -0.05) is 36.8 Å². The fraction of sp³-hybridized carbons (Fsp3) is 0.611. The third-order valence-electron chi connectivity index (χ3n) is 5.89. The largest absolute Gasteiger partial charge is 0.458 e. The molecular weight excluding hydrogens is 248 g/mol. The van der Waals surface area contributed by atoms with E-state index in [1.807, 2.05) is 6.07 Å². The van der Waals surface area contributed by atoms with Gasteiger partial charge in [-0.15, -0.1) is 0 Å². The average molecular weight is 270 g/mol. The maximum Gasteiger partial charge on any atom is 0.310 e. The Bertz CT molecular complexity index is 509. The van der Waals surface area contributed by atoms with Crippen LogP contribution in [-0.4, -0.2) is 11.6 Å². The molecular formula is C18H22O2. The molecule has 0 bridgehead atoms. The Labute approximate surface area is 120 Å². The number of hydrogen-bond donors (Lipinski definition) is 0. The molecule has 20 heavy (non-hydrogen) atoms. The van der Waals surface area contributed by atoms with E-state index in [0.29, 0.717) is 11.8 Å². The van der Waals surface area contributed by atoms with Crippen LogP contribution >= 0.6 is 0 Å². The number of carbonyl (C=O) groups excluding carboxylic acids is 1. The third-order valence-corrected chi connectivity index (χ3v) is 5.89. The van der Waals surface area contributed by atoms with Gasteiger partial charge < -0.3 is 4.74 Å². The van der Waals surface area contributed by atoms with Gasteiger partial charge in [0.15, 0.2) is 0 Å². The van der Waals surface area contributed by atoms with Crippen LogP contribution in [0.25, 0.3) is 0 Å². The van der Waals surface area contributed by atoms with Crippen LogP contribution in [0.15, 0.2) is 30.3 Å². The second-order valence-corrected chi connectivity index (χ2v) is 6.80. The molecule has 2 aliphatic carbocycles. The molecule has 1 aromatic rings. The Morgan fingerprint density at radius 2 is 1.95 bits per heavy atom. The number of ether oxygens (including phenoxy) is 1. The van der Waals surface area contributed by atoms with E-state index >= 15 is 0 Å². The molecule has 2 nitrogen and oxygen atoms in total. The maximum atomic E-state index is 12.4. The van der Waals surface area contributed by atoms with Crippen molar-refractivity contribution < 1.29 is 9.53 Å². The Hall–Kier alpha value is -1.31. The monoisotopic (exact) mass is 270 g/mol. The van der Waals surface area contributed by atoms with Crippen molar-refractivity contribution in [1.82, 2.24) is 0 Å². The van der Waals surface area contributed by atoms with Crippen LogP contribution in [0, 0.1) is 17.8 Å². The molecule has 106 valence electrons. The Morgan fingerprint density at radius 1 is 1.10 bits per heavy atom. The molecule has 2 saturated carbocycles. The Balaban J connectivity index is 1.61. The second kappa shape index (κ2) is 4.61. The van der Waals surface area contributed by atoms with Crippen LogP contribution in [-0.2, 0) is 16.0 Å². The van der Waals surface area contributed by atoms with E-state index in [0.717, 1.165) is 12.8 Å². The summed E-state index contributed by atoms with van der Waals surface area (Å²) in [5.41, 5.74) is 1.19. The first kappa shape index (κ1) is 12.4. The zero-order chi connectivity index (χ0) is 13.6. The third kappa shape index (κ3) is 1.73.